The van der Waals surface area contributed by atoms with Gasteiger partial charge in [0.2, 0.25) is 5.91 Å². The summed E-state index contributed by atoms with van der Waals surface area (Å²) in [6, 6.07) is 11.4. The highest BCUT2D eigenvalue weighted by Crippen LogP contribution is 2.29. The fourth-order valence-electron chi connectivity index (χ4n) is 3.69. The topological polar surface area (TPSA) is 86.3 Å². The Labute approximate surface area is 139 Å². The number of carbonyl (C=O) groups excluding carboxylic acids is 2. The Bertz CT molecular complexity index is 818. The number of fused-ring (bicyclic) bond motifs is 2. The minimum Gasteiger partial charge on any atom is -0.451 e. The van der Waals surface area contributed by atoms with E-state index in [4.69, 9.17) is 9.68 Å². The summed E-state index contributed by atoms with van der Waals surface area (Å²) in [7, 11) is 0. The standard InChI is InChI=1S/C18H17N3O3/c19-9-12-7-13-10-21(6-5-14(13)20-17(12)22)18(23)16-8-11-3-1-2-4-15(11)24-16/h1-4,8,12-14H,5-7,10H2,(H,20,22). The van der Waals surface area contributed by atoms with E-state index in [1.54, 1.807) is 11.0 Å². The Kier molecular flexibility index (Phi) is 3.49. The van der Waals surface area contributed by atoms with Gasteiger partial charge in [-0.1, -0.05) is 18.2 Å². The first-order valence-electron chi connectivity index (χ1n) is 8.13. The summed E-state index contributed by atoms with van der Waals surface area (Å²) < 4.78 is 5.67. The summed E-state index contributed by atoms with van der Waals surface area (Å²) in [5.41, 5.74) is 0.699. The molecule has 2 aliphatic heterocycles. The van der Waals surface area contributed by atoms with Crippen molar-refractivity contribution in [2.45, 2.75) is 18.9 Å². The van der Waals surface area contributed by atoms with Gasteiger partial charge in [-0.2, -0.15) is 5.26 Å². The van der Waals surface area contributed by atoms with Crippen LogP contribution in [-0.2, 0) is 4.79 Å². The summed E-state index contributed by atoms with van der Waals surface area (Å²) in [4.78, 5) is 26.3. The summed E-state index contributed by atoms with van der Waals surface area (Å²) >= 11 is 0. The molecule has 0 radical (unpaired) electrons. The fourth-order valence-corrected chi connectivity index (χ4v) is 3.69. The van der Waals surface area contributed by atoms with Crippen LogP contribution in [-0.4, -0.2) is 35.8 Å². The molecule has 4 rings (SSSR count). The molecule has 1 aromatic heterocycles. The van der Waals surface area contributed by atoms with Crippen molar-refractivity contribution in [3.63, 3.8) is 0 Å². The fraction of sp³-hybridized carbons (Fsp3) is 0.389. The third kappa shape index (κ3) is 2.42. The molecule has 3 unspecified atom stereocenters. The Morgan fingerprint density at radius 3 is 3.00 bits per heavy atom. The molecule has 3 atom stereocenters. The molecule has 6 nitrogen and oxygen atoms in total. The normalized spacial score (nSPS) is 26.5. The lowest BCUT2D eigenvalue weighted by Gasteiger charge is -2.42. The molecule has 2 saturated heterocycles. The maximum atomic E-state index is 12.7. The van der Waals surface area contributed by atoms with Crippen LogP contribution >= 0.6 is 0 Å². The Balaban J connectivity index is 1.52. The summed E-state index contributed by atoms with van der Waals surface area (Å²) in [6.07, 6.45) is 1.22. The molecule has 0 saturated carbocycles. The number of para-hydroxylation sites is 1. The molecule has 2 amide bonds. The van der Waals surface area contributed by atoms with Crippen LogP contribution < -0.4 is 5.32 Å². The highest BCUT2D eigenvalue weighted by atomic mass is 16.3. The lowest BCUT2D eigenvalue weighted by atomic mass is 9.80. The van der Waals surface area contributed by atoms with Gasteiger partial charge < -0.3 is 14.6 Å². The van der Waals surface area contributed by atoms with Crippen molar-refractivity contribution in [2.75, 3.05) is 13.1 Å². The number of carbonyl (C=O) groups is 2. The van der Waals surface area contributed by atoms with Crippen LogP contribution in [0.1, 0.15) is 23.4 Å². The largest absolute Gasteiger partial charge is 0.451 e. The van der Waals surface area contributed by atoms with E-state index in [0.717, 1.165) is 5.39 Å². The second-order valence-corrected chi connectivity index (χ2v) is 6.48. The van der Waals surface area contributed by atoms with Gasteiger partial charge in [0, 0.05) is 24.5 Å². The van der Waals surface area contributed by atoms with Gasteiger partial charge in [-0.05, 0) is 30.9 Å². The molecular weight excluding hydrogens is 306 g/mol. The van der Waals surface area contributed by atoms with E-state index in [9.17, 15) is 9.59 Å². The van der Waals surface area contributed by atoms with E-state index < -0.39 is 5.92 Å². The van der Waals surface area contributed by atoms with Gasteiger partial charge in [-0.15, -0.1) is 0 Å². The number of amides is 2. The monoisotopic (exact) mass is 323 g/mol. The van der Waals surface area contributed by atoms with Crippen LogP contribution in [0.4, 0.5) is 0 Å². The molecule has 3 heterocycles. The average Bonchev–Trinajstić information content (AvgIpc) is 3.04. The zero-order valence-electron chi connectivity index (χ0n) is 13.1. The van der Waals surface area contributed by atoms with E-state index in [1.807, 2.05) is 30.3 Å². The number of benzene rings is 1. The van der Waals surface area contributed by atoms with Crippen molar-refractivity contribution in [3.8, 4) is 6.07 Å². The molecule has 24 heavy (non-hydrogen) atoms. The zero-order valence-corrected chi connectivity index (χ0v) is 13.1. The van der Waals surface area contributed by atoms with Gasteiger partial charge in [0.15, 0.2) is 5.76 Å². The molecule has 0 bridgehead atoms. The number of nitrogens with one attached hydrogen (secondary N) is 1. The third-order valence-electron chi connectivity index (χ3n) is 5.00. The Morgan fingerprint density at radius 2 is 2.21 bits per heavy atom. The van der Waals surface area contributed by atoms with Crippen molar-refractivity contribution in [1.82, 2.24) is 10.2 Å². The van der Waals surface area contributed by atoms with Crippen molar-refractivity contribution in [1.29, 1.82) is 5.26 Å². The van der Waals surface area contributed by atoms with Crippen LogP contribution in [0.25, 0.3) is 11.0 Å². The molecule has 2 fully saturated rings. The van der Waals surface area contributed by atoms with Crippen molar-refractivity contribution in [3.05, 3.63) is 36.1 Å². The number of nitriles is 1. The predicted molar refractivity (Wildman–Crippen MR) is 85.9 cm³/mol. The number of likely N-dealkylation sites (tertiary alicyclic amines) is 1. The molecule has 1 N–H and O–H groups in total. The zero-order chi connectivity index (χ0) is 16.7. The van der Waals surface area contributed by atoms with E-state index in [2.05, 4.69) is 5.32 Å². The van der Waals surface area contributed by atoms with E-state index >= 15 is 0 Å². The molecule has 122 valence electrons. The average molecular weight is 323 g/mol. The minimum atomic E-state index is -0.618. The quantitative estimate of drug-likeness (QED) is 0.868. The lowest BCUT2D eigenvalue weighted by Crippen LogP contribution is -2.57. The molecule has 2 aromatic rings. The Morgan fingerprint density at radius 1 is 1.38 bits per heavy atom. The second kappa shape index (κ2) is 5.68. The summed E-state index contributed by atoms with van der Waals surface area (Å²) in [6.45, 7) is 1.12. The van der Waals surface area contributed by atoms with Gasteiger partial charge in [0.25, 0.3) is 5.91 Å². The molecule has 6 heteroatoms. The van der Waals surface area contributed by atoms with Crippen LogP contribution in [0.5, 0.6) is 0 Å². The third-order valence-corrected chi connectivity index (χ3v) is 5.00. The lowest BCUT2D eigenvalue weighted by molar-refractivity contribution is -0.128. The van der Waals surface area contributed by atoms with Gasteiger partial charge >= 0.3 is 0 Å². The van der Waals surface area contributed by atoms with Crippen molar-refractivity contribution < 1.29 is 14.0 Å². The maximum Gasteiger partial charge on any atom is 0.289 e. The molecule has 0 spiro atoms. The highest BCUT2D eigenvalue weighted by molar-refractivity contribution is 5.96. The minimum absolute atomic E-state index is 0.0572. The second-order valence-electron chi connectivity index (χ2n) is 6.48. The number of rotatable bonds is 1. The van der Waals surface area contributed by atoms with Crippen molar-refractivity contribution >= 4 is 22.8 Å². The van der Waals surface area contributed by atoms with Crippen LogP contribution in [0, 0.1) is 23.2 Å². The van der Waals surface area contributed by atoms with Crippen molar-refractivity contribution in [2.24, 2.45) is 11.8 Å². The van der Waals surface area contributed by atoms with Crippen LogP contribution in [0.15, 0.2) is 34.7 Å². The first kappa shape index (κ1) is 14.8. The number of nitrogens with zero attached hydrogens (tertiary/aromatic N) is 2. The molecule has 0 aliphatic carbocycles. The molecular formula is C18H17N3O3. The predicted octanol–water partition coefficient (Wildman–Crippen LogP) is 1.92. The van der Waals surface area contributed by atoms with E-state index in [1.165, 1.54) is 0 Å². The van der Waals surface area contributed by atoms with Gasteiger partial charge in [0.1, 0.15) is 11.5 Å². The van der Waals surface area contributed by atoms with Gasteiger partial charge in [-0.25, -0.2) is 0 Å². The van der Waals surface area contributed by atoms with Crippen LogP contribution in [0.2, 0.25) is 0 Å². The SMILES string of the molecule is N#CC1CC2CN(C(=O)c3cc4ccccc4o3)CCC2NC1=O. The highest BCUT2D eigenvalue weighted by Gasteiger charge is 2.40. The van der Waals surface area contributed by atoms with Crippen LogP contribution in [0.3, 0.4) is 0 Å². The molecule has 1 aromatic carbocycles. The van der Waals surface area contributed by atoms with Gasteiger partial charge in [-0.3, -0.25) is 9.59 Å². The summed E-state index contributed by atoms with van der Waals surface area (Å²) in [5, 5.41) is 12.9. The maximum absolute atomic E-state index is 12.7. The summed E-state index contributed by atoms with van der Waals surface area (Å²) in [5.74, 6) is -0.473. The number of piperidine rings is 2. The first-order valence-corrected chi connectivity index (χ1v) is 8.13. The number of hydrogen-bond acceptors (Lipinski definition) is 4. The number of furan rings is 1. The van der Waals surface area contributed by atoms with E-state index in [0.29, 0.717) is 37.3 Å². The first-order chi connectivity index (χ1) is 11.7. The Hall–Kier alpha value is -2.81. The van der Waals surface area contributed by atoms with E-state index in [-0.39, 0.29) is 23.8 Å². The smallest absolute Gasteiger partial charge is 0.289 e. The van der Waals surface area contributed by atoms with Gasteiger partial charge in [0.05, 0.1) is 6.07 Å². The molecule has 2 aliphatic rings. The number of hydrogen-bond donors (Lipinski definition) is 1.